The van der Waals surface area contributed by atoms with Gasteiger partial charge < -0.3 is 16.2 Å². The number of nitrogen functional groups attached to an aromatic ring is 1. The first-order valence-corrected chi connectivity index (χ1v) is 6.09. The zero-order valence-corrected chi connectivity index (χ0v) is 10.7. The zero-order chi connectivity index (χ0) is 13.8. The van der Waals surface area contributed by atoms with Crippen molar-refractivity contribution in [2.45, 2.75) is 13.3 Å². The molecule has 0 radical (unpaired) electrons. The Bertz CT molecular complexity index is 609. The molecule has 4 nitrogen and oxygen atoms in total. The summed E-state index contributed by atoms with van der Waals surface area (Å²) in [5.41, 5.74) is 9.29. The average Bonchev–Trinajstić information content (AvgIpc) is 2.41. The Kier molecular flexibility index (Phi) is 3.71. The highest BCUT2D eigenvalue weighted by molar-refractivity contribution is 5.91. The van der Waals surface area contributed by atoms with Crippen LogP contribution < -0.4 is 11.1 Å². The van der Waals surface area contributed by atoms with Crippen molar-refractivity contribution < 1.29 is 9.90 Å². The summed E-state index contributed by atoms with van der Waals surface area (Å²) in [6.07, 6.45) is 0.945. The number of anilines is 3. The molecule has 0 bridgehead atoms. The van der Waals surface area contributed by atoms with Crippen LogP contribution >= 0.6 is 0 Å². The second kappa shape index (κ2) is 5.44. The Morgan fingerprint density at radius 2 is 2.05 bits per heavy atom. The van der Waals surface area contributed by atoms with E-state index in [1.165, 1.54) is 17.7 Å². The predicted octanol–water partition coefficient (Wildman–Crippen LogP) is 3.27. The van der Waals surface area contributed by atoms with Crippen molar-refractivity contribution >= 4 is 23.0 Å². The number of carbonyl (C=O) groups is 1. The molecule has 0 saturated heterocycles. The number of nitrogens with one attached hydrogen (secondary N) is 1. The number of benzene rings is 2. The number of hydrogen-bond acceptors (Lipinski definition) is 3. The highest BCUT2D eigenvalue weighted by Gasteiger charge is 2.07. The third-order valence-corrected chi connectivity index (χ3v) is 2.91. The van der Waals surface area contributed by atoms with Gasteiger partial charge in [0.15, 0.2) is 0 Å². The summed E-state index contributed by atoms with van der Waals surface area (Å²) in [6.45, 7) is 2.08. The van der Waals surface area contributed by atoms with Crippen molar-refractivity contribution in [1.82, 2.24) is 0 Å². The number of carboxylic acid groups (broad SMARTS) is 1. The van der Waals surface area contributed by atoms with Crippen LogP contribution in [0.15, 0.2) is 42.5 Å². The number of hydrogen-bond donors (Lipinski definition) is 3. The molecule has 0 aromatic heterocycles. The molecule has 0 atom stereocenters. The summed E-state index contributed by atoms with van der Waals surface area (Å²) in [7, 11) is 0. The standard InChI is InChI=1S/C15H16N2O2/c1-2-10-4-3-5-12(8-10)17-14-9-11(15(18)19)6-7-13(14)16/h3-9,17H,2,16H2,1H3,(H,18,19). The van der Waals surface area contributed by atoms with Crippen molar-refractivity contribution in [1.29, 1.82) is 0 Å². The van der Waals surface area contributed by atoms with Gasteiger partial charge in [0.2, 0.25) is 0 Å². The van der Waals surface area contributed by atoms with E-state index in [9.17, 15) is 4.79 Å². The lowest BCUT2D eigenvalue weighted by Crippen LogP contribution is -2.01. The molecule has 0 heterocycles. The lowest BCUT2D eigenvalue weighted by atomic mass is 10.1. The van der Waals surface area contributed by atoms with Crippen LogP contribution in [0.1, 0.15) is 22.8 Å². The highest BCUT2D eigenvalue weighted by Crippen LogP contribution is 2.25. The van der Waals surface area contributed by atoms with E-state index in [1.807, 2.05) is 24.3 Å². The summed E-state index contributed by atoms with van der Waals surface area (Å²) in [5.74, 6) is -0.967. The Balaban J connectivity index is 2.31. The van der Waals surface area contributed by atoms with Gasteiger partial charge in [-0.25, -0.2) is 4.79 Å². The minimum absolute atomic E-state index is 0.211. The number of nitrogens with two attached hydrogens (primary N) is 1. The van der Waals surface area contributed by atoms with Crippen LogP contribution in [0.2, 0.25) is 0 Å². The smallest absolute Gasteiger partial charge is 0.335 e. The average molecular weight is 256 g/mol. The van der Waals surface area contributed by atoms with Crippen molar-refractivity contribution in [3.05, 3.63) is 53.6 Å². The molecule has 0 aliphatic heterocycles. The normalized spacial score (nSPS) is 10.2. The Morgan fingerprint density at radius 3 is 2.74 bits per heavy atom. The third kappa shape index (κ3) is 3.04. The van der Waals surface area contributed by atoms with E-state index in [4.69, 9.17) is 10.8 Å². The van der Waals surface area contributed by atoms with Crippen LogP contribution in [0.4, 0.5) is 17.1 Å². The van der Waals surface area contributed by atoms with Crippen molar-refractivity contribution in [3.8, 4) is 0 Å². The quantitative estimate of drug-likeness (QED) is 0.734. The van der Waals surface area contributed by atoms with Crippen molar-refractivity contribution in [2.24, 2.45) is 0 Å². The zero-order valence-electron chi connectivity index (χ0n) is 10.7. The molecular formula is C15H16N2O2. The first kappa shape index (κ1) is 13.0. The fourth-order valence-corrected chi connectivity index (χ4v) is 1.82. The molecule has 4 N–H and O–H groups in total. The third-order valence-electron chi connectivity index (χ3n) is 2.91. The van der Waals surface area contributed by atoms with E-state index in [-0.39, 0.29) is 5.56 Å². The Hall–Kier alpha value is -2.49. The van der Waals surface area contributed by atoms with Gasteiger partial charge >= 0.3 is 5.97 Å². The number of aryl methyl sites for hydroxylation is 1. The van der Waals surface area contributed by atoms with E-state index in [0.29, 0.717) is 11.4 Å². The summed E-state index contributed by atoms with van der Waals surface area (Å²) in [5, 5.41) is 12.1. The molecule has 0 saturated carbocycles. The van der Waals surface area contributed by atoms with Gasteiger partial charge in [0, 0.05) is 5.69 Å². The first-order valence-electron chi connectivity index (χ1n) is 6.09. The molecule has 2 aromatic carbocycles. The van der Waals surface area contributed by atoms with Gasteiger partial charge in [-0.1, -0.05) is 19.1 Å². The summed E-state index contributed by atoms with van der Waals surface area (Å²) in [4.78, 5) is 10.9. The molecule has 2 aromatic rings. The first-order chi connectivity index (χ1) is 9.10. The summed E-state index contributed by atoms with van der Waals surface area (Å²) in [6, 6.07) is 12.6. The van der Waals surface area contributed by atoms with Crippen molar-refractivity contribution in [2.75, 3.05) is 11.1 Å². The van der Waals surface area contributed by atoms with Gasteiger partial charge in [0.1, 0.15) is 0 Å². The number of carboxylic acids is 1. The summed E-state index contributed by atoms with van der Waals surface area (Å²) < 4.78 is 0. The van der Waals surface area contributed by atoms with Crippen LogP contribution in [-0.4, -0.2) is 11.1 Å². The topological polar surface area (TPSA) is 75.3 Å². The van der Waals surface area contributed by atoms with E-state index in [0.717, 1.165) is 12.1 Å². The minimum atomic E-state index is -0.967. The summed E-state index contributed by atoms with van der Waals surface area (Å²) >= 11 is 0. The van der Waals surface area contributed by atoms with Crippen LogP contribution in [0.5, 0.6) is 0 Å². The van der Waals surface area contributed by atoms with Gasteiger partial charge in [0.25, 0.3) is 0 Å². The minimum Gasteiger partial charge on any atom is -0.478 e. The molecule has 0 fully saturated rings. The molecule has 0 unspecified atom stereocenters. The molecule has 19 heavy (non-hydrogen) atoms. The molecular weight excluding hydrogens is 240 g/mol. The van der Waals surface area contributed by atoms with Crippen LogP contribution in [0.25, 0.3) is 0 Å². The Labute approximate surface area is 111 Å². The van der Waals surface area contributed by atoms with Gasteiger partial charge in [-0.2, -0.15) is 0 Å². The fourth-order valence-electron chi connectivity index (χ4n) is 1.82. The van der Waals surface area contributed by atoms with Crippen molar-refractivity contribution in [3.63, 3.8) is 0 Å². The van der Waals surface area contributed by atoms with Gasteiger partial charge in [-0.15, -0.1) is 0 Å². The second-order valence-corrected chi connectivity index (χ2v) is 4.29. The molecule has 0 aliphatic rings. The number of aromatic carboxylic acids is 1. The molecule has 0 spiro atoms. The molecule has 0 amide bonds. The fraction of sp³-hybridized carbons (Fsp3) is 0.133. The monoisotopic (exact) mass is 256 g/mol. The van der Waals surface area contributed by atoms with Crippen LogP contribution in [-0.2, 0) is 6.42 Å². The van der Waals surface area contributed by atoms with E-state index < -0.39 is 5.97 Å². The predicted molar refractivity (Wildman–Crippen MR) is 76.9 cm³/mol. The maximum Gasteiger partial charge on any atom is 0.335 e. The molecule has 0 aliphatic carbocycles. The number of rotatable bonds is 4. The maximum atomic E-state index is 10.9. The Morgan fingerprint density at radius 1 is 1.26 bits per heavy atom. The lowest BCUT2D eigenvalue weighted by molar-refractivity contribution is 0.0697. The largest absolute Gasteiger partial charge is 0.478 e. The molecule has 2 rings (SSSR count). The highest BCUT2D eigenvalue weighted by atomic mass is 16.4. The second-order valence-electron chi connectivity index (χ2n) is 4.29. The van der Waals surface area contributed by atoms with Crippen LogP contribution in [0, 0.1) is 0 Å². The van der Waals surface area contributed by atoms with Gasteiger partial charge in [-0.3, -0.25) is 0 Å². The van der Waals surface area contributed by atoms with E-state index in [1.54, 1.807) is 6.07 Å². The molecule has 4 heteroatoms. The molecule has 98 valence electrons. The maximum absolute atomic E-state index is 10.9. The lowest BCUT2D eigenvalue weighted by Gasteiger charge is -2.11. The SMILES string of the molecule is CCc1cccc(Nc2cc(C(=O)O)ccc2N)c1. The van der Waals surface area contributed by atoms with E-state index >= 15 is 0 Å². The van der Waals surface area contributed by atoms with Crippen LogP contribution in [0.3, 0.4) is 0 Å². The van der Waals surface area contributed by atoms with Gasteiger partial charge in [-0.05, 0) is 42.3 Å². The van der Waals surface area contributed by atoms with Gasteiger partial charge in [0.05, 0.1) is 16.9 Å². The van der Waals surface area contributed by atoms with E-state index in [2.05, 4.69) is 12.2 Å².